The number of alkyl halides is 3. The van der Waals surface area contributed by atoms with Crippen molar-refractivity contribution < 1.29 is 32.3 Å². The van der Waals surface area contributed by atoms with Gasteiger partial charge in [-0.05, 0) is 31.0 Å². The number of aliphatic hydroxyl groups is 1. The van der Waals surface area contributed by atoms with E-state index in [-0.39, 0.29) is 13.1 Å². The molecule has 2 rings (SSSR count). The lowest BCUT2D eigenvalue weighted by Gasteiger charge is -2.28. The Morgan fingerprint density at radius 1 is 1.22 bits per heavy atom. The topological polar surface area (TPSA) is 69.6 Å². The molecule has 9 heteroatoms. The number of carbonyl (C=O) groups excluding carboxylic acids is 2. The minimum Gasteiger partial charge on any atom is -0.393 e. The molecule has 0 bridgehead atoms. The minimum atomic E-state index is -4.69. The van der Waals surface area contributed by atoms with Crippen LogP contribution in [0.5, 0.6) is 0 Å². The van der Waals surface area contributed by atoms with Crippen LogP contribution in [0.4, 0.5) is 23.2 Å². The van der Waals surface area contributed by atoms with Crippen molar-refractivity contribution in [3.8, 4) is 0 Å². The molecule has 0 unspecified atom stereocenters. The summed E-state index contributed by atoms with van der Waals surface area (Å²) in [6.07, 6.45) is -4.64. The third-order valence-corrected chi connectivity index (χ3v) is 3.49. The van der Waals surface area contributed by atoms with Gasteiger partial charge in [0.15, 0.2) is 0 Å². The predicted molar refractivity (Wildman–Crippen MR) is 71.9 cm³/mol. The second kappa shape index (κ2) is 6.53. The molecule has 0 spiro atoms. The van der Waals surface area contributed by atoms with E-state index >= 15 is 0 Å². The summed E-state index contributed by atoms with van der Waals surface area (Å²) in [7, 11) is 0. The Kier molecular flexibility index (Phi) is 4.88. The highest BCUT2D eigenvalue weighted by Crippen LogP contribution is 2.31. The molecule has 126 valence electrons. The van der Waals surface area contributed by atoms with Gasteiger partial charge in [0, 0.05) is 13.1 Å². The van der Waals surface area contributed by atoms with E-state index in [2.05, 4.69) is 0 Å². The lowest BCUT2D eigenvalue weighted by molar-refractivity contribution is -0.144. The Balaban J connectivity index is 2.09. The van der Waals surface area contributed by atoms with Crippen molar-refractivity contribution in [1.82, 2.24) is 4.90 Å². The van der Waals surface area contributed by atoms with Crippen LogP contribution in [0.3, 0.4) is 0 Å². The van der Waals surface area contributed by atoms with E-state index in [1.54, 1.807) is 0 Å². The average molecular weight is 334 g/mol. The van der Waals surface area contributed by atoms with E-state index in [9.17, 15) is 32.3 Å². The summed E-state index contributed by atoms with van der Waals surface area (Å²) < 4.78 is 51.3. The fraction of sp³-hybridized carbons (Fsp3) is 0.429. The Morgan fingerprint density at radius 2 is 1.83 bits per heavy atom. The quantitative estimate of drug-likeness (QED) is 0.607. The van der Waals surface area contributed by atoms with E-state index in [0.717, 1.165) is 4.90 Å². The fourth-order valence-electron chi connectivity index (χ4n) is 2.19. The highest BCUT2D eigenvalue weighted by atomic mass is 19.4. The highest BCUT2D eigenvalue weighted by molar-refractivity contribution is 6.39. The third kappa shape index (κ3) is 4.19. The molecule has 1 aromatic carbocycles. The molecule has 2 N–H and O–H groups in total. The number of hydrogen-bond donors (Lipinski definition) is 2. The van der Waals surface area contributed by atoms with Crippen LogP contribution in [0.15, 0.2) is 18.2 Å². The fourth-order valence-corrected chi connectivity index (χ4v) is 2.19. The molecule has 0 aliphatic carbocycles. The van der Waals surface area contributed by atoms with Gasteiger partial charge >= 0.3 is 18.0 Å². The molecule has 1 heterocycles. The number of benzene rings is 1. The largest absolute Gasteiger partial charge is 0.416 e. The molecule has 1 aromatic rings. The van der Waals surface area contributed by atoms with Gasteiger partial charge in [0.05, 0.1) is 17.4 Å². The number of hydrogen-bond acceptors (Lipinski definition) is 3. The van der Waals surface area contributed by atoms with Gasteiger partial charge in [-0.1, -0.05) is 0 Å². The number of anilines is 1. The lowest BCUT2D eigenvalue weighted by Crippen LogP contribution is -2.45. The number of carbonyl (C=O) groups is 2. The van der Waals surface area contributed by atoms with Gasteiger partial charge in [-0.2, -0.15) is 13.2 Å². The van der Waals surface area contributed by atoms with Crippen LogP contribution in [0.1, 0.15) is 18.4 Å². The average Bonchev–Trinajstić information content (AvgIpc) is 2.48. The van der Waals surface area contributed by atoms with E-state index in [0.29, 0.717) is 31.0 Å². The third-order valence-electron chi connectivity index (χ3n) is 3.49. The molecule has 1 aliphatic heterocycles. The van der Waals surface area contributed by atoms with Crippen molar-refractivity contribution in [2.45, 2.75) is 25.1 Å². The monoisotopic (exact) mass is 334 g/mol. The summed E-state index contributed by atoms with van der Waals surface area (Å²) in [4.78, 5) is 24.8. The number of likely N-dealkylation sites (tertiary alicyclic amines) is 1. The summed E-state index contributed by atoms with van der Waals surface area (Å²) in [5.74, 6) is -3.28. The zero-order valence-electron chi connectivity index (χ0n) is 11.9. The molecule has 0 aromatic heterocycles. The molecular weight excluding hydrogens is 320 g/mol. The van der Waals surface area contributed by atoms with Gasteiger partial charge in [-0.25, -0.2) is 4.39 Å². The predicted octanol–water partition coefficient (Wildman–Crippen LogP) is 1.77. The summed E-state index contributed by atoms with van der Waals surface area (Å²) in [6.45, 7) is 0.303. The second-order valence-corrected chi connectivity index (χ2v) is 5.17. The number of aliphatic hydroxyl groups excluding tert-OH is 1. The van der Waals surface area contributed by atoms with Crippen molar-refractivity contribution in [3.63, 3.8) is 0 Å². The first-order valence-electron chi connectivity index (χ1n) is 6.83. The maximum Gasteiger partial charge on any atom is 0.416 e. The molecule has 2 amide bonds. The lowest BCUT2D eigenvalue weighted by atomic mass is 10.1. The SMILES string of the molecule is O=C(Nc1cc(C(F)(F)F)ccc1F)C(=O)N1CCC(O)CC1. The molecule has 23 heavy (non-hydrogen) atoms. The van der Waals surface area contributed by atoms with Crippen molar-refractivity contribution in [3.05, 3.63) is 29.6 Å². The van der Waals surface area contributed by atoms with Gasteiger partial charge in [0.2, 0.25) is 0 Å². The molecule has 0 atom stereocenters. The summed E-state index contributed by atoms with van der Waals surface area (Å²) in [5, 5.41) is 11.2. The first-order valence-corrected chi connectivity index (χ1v) is 6.83. The standard InChI is InChI=1S/C14H14F4N2O3/c15-10-2-1-8(14(16,17)18)7-11(10)19-12(22)13(23)20-5-3-9(21)4-6-20/h1-2,7,9,21H,3-6H2,(H,19,22). The van der Waals surface area contributed by atoms with Gasteiger partial charge < -0.3 is 15.3 Å². The molecule has 1 saturated heterocycles. The Bertz CT molecular complexity index is 611. The summed E-state index contributed by atoms with van der Waals surface area (Å²) in [6, 6.07) is 1.54. The van der Waals surface area contributed by atoms with Crippen LogP contribution in [0.2, 0.25) is 0 Å². The van der Waals surface area contributed by atoms with Crippen LogP contribution in [0, 0.1) is 5.82 Å². The molecule has 0 radical (unpaired) electrons. The van der Waals surface area contributed by atoms with Crippen molar-refractivity contribution in [2.24, 2.45) is 0 Å². The minimum absolute atomic E-state index is 0.151. The van der Waals surface area contributed by atoms with Crippen LogP contribution in [0.25, 0.3) is 0 Å². The zero-order valence-corrected chi connectivity index (χ0v) is 11.9. The van der Waals surface area contributed by atoms with Gasteiger partial charge in [-0.3, -0.25) is 9.59 Å². The number of piperidine rings is 1. The molecule has 1 fully saturated rings. The maximum absolute atomic E-state index is 13.5. The number of nitrogens with zero attached hydrogens (tertiary/aromatic N) is 1. The van der Waals surface area contributed by atoms with Crippen molar-refractivity contribution in [1.29, 1.82) is 0 Å². The van der Waals surface area contributed by atoms with E-state index < -0.39 is 41.2 Å². The Labute approximate surface area is 128 Å². The van der Waals surface area contributed by atoms with E-state index in [4.69, 9.17) is 0 Å². The number of amides is 2. The normalized spacial score (nSPS) is 16.3. The molecule has 5 nitrogen and oxygen atoms in total. The van der Waals surface area contributed by atoms with Gasteiger partial charge in [0.1, 0.15) is 5.82 Å². The Morgan fingerprint density at radius 3 is 2.39 bits per heavy atom. The van der Waals surface area contributed by atoms with Crippen LogP contribution in [-0.2, 0) is 15.8 Å². The van der Waals surface area contributed by atoms with Gasteiger partial charge in [-0.15, -0.1) is 0 Å². The Hall–Kier alpha value is -2.16. The van der Waals surface area contributed by atoms with Crippen molar-refractivity contribution >= 4 is 17.5 Å². The second-order valence-electron chi connectivity index (χ2n) is 5.17. The zero-order chi connectivity index (χ0) is 17.2. The first kappa shape index (κ1) is 17.2. The van der Waals surface area contributed by atoms with Crippen LogP contribution < -0.4 is 5.32 Å². The van der Waals surface area contributed by atoms with Crippen LogP contribution in [-0.4, -0.2) is 41.0 Å². The molecule has 1 aliphatic rings. The van der Waals surface area contributed by atoms with E-state index in [1.807, 2.05) is 5.32 Å². The summed E-state index contributed by atoms with van der Waals surface area (Å²) >= 11 is 0. The number of halogens is 4. The first-order chi connectivity index (χ1) is 10.7. The van der Waals surface area contributed by atoms with E-state index in [1.165, 1.54) is 0 Å². The maximum atomic E-state index is 13.5. The molecular formula is C14H14F4N2O3. The smallest absolute Gasteiger partial charge is 0.393 e. The van der Waals surface area contributed by atoms with Gasteiger partial charge in [0.25, 0.3) is 0 Å². The highest BCUT2D eigenvalue weighted by Gasteiger charge is 2.32. The number of nitrogens with one attached hydrogen (secondary N) is 1. The summed E-state index contributed by atoms with van der Waals surface area (Å²) in [5.41, 5.74) is -1.85. The molecule has 0 saturated carbocycles. The van der Waals surface area contributed by atoms with Crippen molar-refractivity contribution in [2.75, 3.05) is 18.4 Å². The van der Waals surface area contributed by atoms with Crippen LogP contribution >= 0.6 is 0 Å². The number of rotatable bonds is 1.